The zero-order valence-electron chi connectivity index (χ0n) is 14.9. The van der Waals surface area contributed by atoms with E-state index in [1.165, 1.54) is 21.6 Å². The van der Waals surface area contributed by atoms with Gasteiger partial charge in [-0.05, 0) is 17.4 Å². The van der Waals surface area contributed by atoms with Crippen molar-refractivity contribution in [2.75, 3.05) is 4.44 Å². The molecule has 0 saturated carbocycles. The highest BCUT2D eigenvalue weighted by molar-refractivity contribution is 7.82. The molecule has 3 heteroatoms. The fourth-order valence-electron chi connectivity index (χ4n) is 2.95. The van der Waals surface area contributed by atoms with E-state index >= 15 is 0 Å². The van der Waals surface area contributed by atoms with Gasteiger partial charge in [0.2, 0.25) is 0 Å². The van der Waals surface area contributed by atoms with Crippen LogP contribution in [0.15, 0.2) is 121 Å². The summed E-state index contributed by atoms with van der Waals surface area (Å²) in [6.07, 6.45) is 0. The molecule has 1 atom stereocenters. The van der Waals surface area contributed by atoms with Crippen LogP contribution < -0.4 is 20.4 Å². The van der Waals surface area contributed by atoms with Crippen LogP contribution in [0, 0.1) is 0 Å². The summed E-state index contributed by atoms with van der Waals surface area (Å²) >= 11 is 0. The first kappa shape index (κ1) is 17.9. The van der Waals surface area contributed by atoms with E-state index in [9.17, 15) is 0 Å². The smallest absolute Gasteiger partial charge is 0.0585 e. The maximum absolute atomic E-state index is 2.58. The van der Waals surface area contributed by atoms with Crippen molar-refractivity contribution >= 4 is 38.4 Å². The average Bonchev–Trinajstić information content (AvgIpc) is 2.76. The predicted octanol–water partition coefficient (Wildman–Crippen LogP) is 5.46. The third kappa shape index (κ3) is 4.45. The second-order valence-electron chi connectivity index (χ2n) is 6.11. The van der Waals surface area contributed by atoms with Crippen molar-refractivity contribution in [3.63, 3.8) is 0 Å². The zero-order valence-corrected chi connectivity index (χ0v) is 16.8. The van der Waals surface area contributed by atoms with Gasteiger partial charge in [-0.1, -0.05) is 109 Å². The van der Waals surface area contributed by atoms with Crippen LogP contribution in [0.5, 0.6) is 0 Å². The lowest BCUT2D eigenvalue weighted by Crippen LogP contribution is -2.24. The molecule has 27 heavy (non-hydrogen) atoms. The Morgan fingerprint density at radius 2 is 0.889 bits per heavy atom. The van der Waals surface area contributed by atoms with Crippen LogP contribution in [0.1, 0.15) is 0 Å². The molecule has 0 saturated heterocycles. The molecule has 4 aromatic carbocycles. The molecule has 4 rings (SSSR count). The van der Waals surface area contributed by atoms with Crippen molar-refractivity contribution in [3.05, 3.63) is 121 Å². The van der Waals surface area contributed by atoms with E-state index in [1.54, 1.807) is 0 Å². The van der Waals surface area contributed by atoms with Gasteiger partial charge in [-0.25, -0.2) is 0 Å². The Hall–Kier alpha value is -2.46. The van der Waals surface area contributed by atoms with E-state index in [0.29, 0.717) is 8.73 Å². The molecule has 1 unspecified atom stereocenters. The molecule has 0 heterocycles. The van der Waals surface area contributed by atoms with Crippen LogP contribution in [0.3, 0.4) is 0 Å². The van der Waals surface area contributed by atoms with Gasteiger partial charge in [0.15, 0.2) is 0 Å². The Kier molecular flexibility index (Phi) is 5.95. The minimum absolute atomic E-state index is 0.567. The first-order valence-electron chi connectivity index (χ1n) is 8.99. The minimum atomic E-state index is -0.669. The Balaban J connectivity index is 1.83. The van der Waals surface area contributed by atoms with Gasteiger partial charge in [0, 0.05) is 25.0 Å². The molecule has 0 radical (unpaired) electrons. The van der Waals surface area contributed by atoms with E-state index in [-0.39, 0.29) is 0 Å². The lowest BCUT2D eigenvalue weighted by atomic mass is 10.3. The van der Waals surface area contributed by atoms with Gasteiger partial charge in [0.1, 0.15) is 0 Å². The molecule has 0 aliphatic heterocycles. The Morgan fingerprint density at radius 3 is 1.37 bits per heavy atom. The largest absolute Gasteiger partial charge is 0.320 e. The maximum atomic E-state index is 2.58. The summed E-state index contributed by atoms with van der Waals surface area (Å²) in [5.74, 6) is 0. The number of rotatable bonds is 6. The lowest BCUT2D eigenvalue weighted by Gasteiger charge is -2.34. The number of hydrogen-bond donors (Lipinski definition) is 0. The number of nitrogens with zero attached hydrogens (tertiary/aromatic N) is 1. The Morgan fingerprint density at radius 1 is 0.481 bits per heavy atom. The van der Waals surface area contributed by atoms with Crippen LogP contribution >= 0.6 is 16.8 Å². The predicted molar refractivity (Wildman–Crippen MR) is 122 cm³/mol. The van der Waals surface area contributed by atoms with Crippen molar-refractivity contribution in [1.29, 1.82) is 0 Å². The van der Waals surface area contributed by atoms with Crippen LogP contribution in [-0.4, -0.2) is 0 Å². The standard InChI is InChI=1S/C24H21NP2/c1-5-13-21(14-6-1)25(26-22-15-7-2-8-16-22)27(23-17-9-3-10-18-23)24-19-11-4-12-20-24/h1-20,26H. The van der Waals surface area contributed by atoms with Crippen molar-refractivity contribution < 1.29 is 0 Å². The van der Waals surface area contributed by atoms with Crippen molar-refractivity contribution in [2.24, 2.45) is 0 Å². The number of anilines is 1. The highest BCUT2D eigenvalue weighted by Gasteiger charge is 2.23. The van der Waals surface area contributed by atoms with Gasteiger partial charge in [0.05, 0.1) is 8.07 Å². The highest BCUT2D eigenvalue weighted by Crippen LogP contribution is 2.49. The van der Waals surface area contributed by atoms with E-state index in [4.69, 9.17) is 0 Å². The highest BCUT2D eigenvalue weighted by atomic mass is 31.2. The van der Waals surface area contributed by atoms with E-state index in [2.05, 4.69) is 126 Å². The molecule has 0 aliphatic rings. The summed E-state index contributed by atoms with van der Waals surface area (Å²) in [5.41, 5.74) is 1.26. The molecule has 0 fully saturated rings. The monoisotopic (exact) mass is 385 g/mol. The Bertz CT molecular complexity index is 905. The van der Waals surface area contributed by atoms with Crippen LogP contribution in [-0.2, 0) is 0 Å². The molecular weight excluding hydrogens is 364 g/mol. The van der Waals surface area contributed by atoms with Crippen molar-refractivity contribution in [2.45, 2.75) is 0 Å². The molecule has 132 valence electrons. The second kappa shape index (κ2) is 8.96. The summed E-state index contributed by atoms with van der Waals surface area (Å²) in [6, 6.07) is 43.3. The minimum Gasteiger partial charge on any atom is -0.320 e. The lowest BCUT2D eigenvalue weighted by molar-refractivity contribution is 1.57. The number of benzene rings is 4. The third-order valence-electron chi connectivity index (χ3n) is 4.21. The topological polar surface area (TPSA) is 3.24 Å². The maximum Gasteiger partial charge on any atom is 0.0585 e. The quantitative estimate of drug-likeness (QED) is 0.399. The van der Waals surface area contributed by atoms with Crippen molar-refractivity contribution in [3.8, 4) is 0 Å². The average molecular weight is 385 g/mol. The Labute approximate surface area is 164 Å². The summed E-state index contributed by atoms with van der Waals surface area (Å²) < 4.78 is 2.58. The molecular formula is C24H21NP2. The van der Waals surface area contributed by atoms with Crippen LogP contribution in [0.25, 0.3) is 0 Å². The summed E-state index contributed by atoms with van der Waals surface area (Å²) in [5, 5.41) is 4.08. The third-order valence-corrected chi connectivity index (χ3v) is 8.38. The number of hydrogen-bond acceptors (Lipinski definition) is 1. The molecule has 0 spiro atoms. The fraction of sp³-hybridized carbons (Fsp3) is 0. The van der Waals surface area contributed by atoms with Gasteiger partial charge in [-0.2, -0.15) is 0 Å². The summed E-state index contributed by atoms with van der Waals surface area (Å²) in [7, 11) is -0.102. The van der Waals surface area contributed by atoms with Crippen LogP contribution in [0.4, 0.5) is 5.69 Å². The SMILES string of the molecule is c1ccc(PN(c2ccccc2)P(c2ccccc2)c2ccccc2)cc1. The summed E-state index contributed by atoms with van der Waals surface area (Å²) in [4.78, 5) is 0. The molecule has 4 aromatic rings. The molecule has 0 aliphatic carbocycles. The van der Waals surface area contributed by atoms with Gasteiger partial charge >= 0.3 is 0 Å². The summed E-state index contributed by atoms with van der Waals surface area (Å²) in [6.45, 7) is 0. The van der Waals surface area contributed by atoms with Crippen molar-refractivity contribution in [1.82, 2.24) is 0 Å². The molecule has 0 bridgehead atoms. The molecule has 0 N–H and O–H groups in total. The van der Waals surface area contributed by atoms with E-state index < -0.39 is 8.07 Å². The van der Waals surface area contributed by atoms with Gasteiger partial charge < -0.3 is 4.44 Å². The first-order chi connectivity index (χ1) is 13.4. The number of para-hydroxylation sites is 1. The van der Waals surface area contributed by atoms with Gasteiger partial charge in [0.25, 0.3) is 0 Å². The normalized spacial score (nSPS) is 11.1. The zero-order chi connectivity index (χ0) is 18.3. The van der Waals surface area contributed by atoms with Gasteiger partial charge in [-0.3, -0.25) is 0 Å². The second-order valence-corrected chi connectivity index (χ2v) is 9.79. The van der Waals surface area contributed by atoms with Crippen LogP contribution in [0.2, 0.25) is 0 Å². The fourth-order valence-corrected chi connectivity index (χ4v) is 7.29. The van der Waals surface area contributed by atoms with Gasteiger partial charge in [-0.15, -0.1) is 0 Å². The molecule has 0 aromatic heterocycles. The first-order valence-corrected chi connectivity index (χ1v) is 11.2. The van der Waals surface area contributed by atoms with E-state index in [1.807, 2.05) is 0 Å². The molecule has 1 nitrogen and oxygen atoms in total. The van der Waals surface area contributed by atoms with E-state index in [0.717, 1.165) is 0 Å². The molecule has 0 amide bonds.